The summed E-state index contributed by atoms with van der Waals surface area (Å²) < 4.78 is 0. The third-order valence-electron chi connectivity index (χ3n) is 5.28. The van der Waals surface area contributed by atoms with Gasteiger partial charge in [0.15, 0.2) is 0 Å². The standard InChI is InChI=1S/C21H42O4/c1-9-13-19(5,6)22-24-21(25-23-20(7,8)14-10-2)15-11-18(12-16-21)17(3)4/h17-18H,9-16H2,1-8H3. The Hall–Kier alpha value is -0.160. The highest BCUT2D eigenvalue weighted by molar-refractivity contribution is 4.80. The number of rotatable bonds is 11. The average molecular weight is 359 g/mol. The van der Waals surface area contributed by atoms with E-state index in [1.165, 1.54) is 0 Å². The van der Waals surface area contributed by atoms with Gasteiger partial charge >= 0.3 is 0 Å². The summed E-state index contributed by atoms with van der Waals surface area (Å²) >= 11 is 0. The van der Waals surface area contributed by atoms with Crippen molar-refractivity contribution < 1.29 is 19.6 Å². The molecule has 0 saturated heterocycles. The zero-order valence-corrected chi connectivity index (χ0v) is 17.9. The normalized spacial score (nSPS) is 19.6. The van der Waals surface area contributed by atoms with Crippen LogP contribution in [-0.2, 0) is 19.6 Å². The van der Waals surface area contributed by atoms with Gasteiger partial charge in [-0.05, 0) is 65.2 Å². The van der Waals surface area contributed by atoms with E-state index in [4.69, 9.17) is 19.6 Å². The molecule has 0 aromatic rings. The van der Waals surface area contributed by atoms with Crippen LogP contribution in [0, 0.1) is 11.8 Å². The Morgan fingerprint density at radius 2 is 1.24 bits per heavy atom. The zero-order chi connectivity index (χ0) is 19.1. The minimum absolute atomic E-state index is 0.320. The van der Waals surface area contributed by atoms with Crippen molar-refractivity contribution in [1.29, 1.82) is 0 Å². The van der Waals surface area contributed by atoms with E-state index in [2.05, 4.69) is 55.4 Å². The first-order valence-corrected chi connectivity index (χ1v) is 10.3. The van der Waals surface area contributed by atoms with E-state index in [0.717, 1.165) is 51.4 Å². The van der Waals surface area contributed by atoms with Crippen LogP contribution in [0.5, 0.6) is 0 Å². The minimum Gasteiger partial charge on any atom is -0.228 e. The molecule has 0 amide bonds. The molecule has 0 aromatic carbocycles. The Morgan fingerprint density at radius 1 is 0.840 bits per heavy atom. The fourth-order valence-corrected chi connectivity index (χ4v) is 3.59. The Balaban J connectivity index is 2.74. The molecule has 4 heteroatoms. The highest BCUT2D eigenvalue weighted by Gasteiger charge is 2.43. The summed E-state index contributed by atoms with van der Waals surface area (Å²) in [6.07, 6.45) is 7.76. The van der Waals surface area contributed by atoms with E-state index < -0.39 is 5.79 Å². The molecule has 1 aliphatic carbocycles. The van der Waals surface area contributed by atoms with Crippen molar-refractivity contribution >= 4 is 0 Å². The molecule has 0 N–H and O–H groups in total. The third-order valence-corrected chi connectivity index (χ3v) is 5.28. The Bertz CT molecular complexity index is 344. The van der Waals surface area contributed by atoms with Gasteiger partial charge in [0.1, 0.15) is 0 Å². The summed E-state index contributed by atoms with van der Waals surface area (Å²) in [7, 11) is 0. The maximum Gasteiger partial charge on any atom is 0.234 e. The van der Waals surface area contributed by atoms with Gasteiger partial charge in [0, 0.05) is 12.8 Å². The van der Waals surface area contributed by atoms with Crippen LogP contribution in [0.1, 0.15) is 107 Å². The van der Waals surface area contributed by atoms with Crippen LogP contribution in [-0.4, -0.2) is 17.0 Å². The van der Waals surface area contributed by atoms with Gasteiger partial charge in [-0.2, -0.15) is 9.78 Å². The average Bonchev–Trinajstić information content (AvgIpc) is 2.52. The van der Waals surface area contributed by atoms with Crippen LogP contribution < -0.4 is 0 Å². The Morgan fingerprint density at radius 3 is 1.56 bits per heavy atom. The first kappa shape index (κ1) is 22.9. The quantitative estimate of drug-likeness (QED) is 0.237. The lowest BCUT2D eigenvalue weighted by atomic mass is 9.79. The smallest absolute Gasteiger partial charge is 0.228 e. The van der Waals surface area contributed by atoms with Gasteiger partial charge < -0.3 is 0 Å². The lowest BCUT2D eigenvalue weighted by molar-refractivity contribution is -0.549. The molecular formula is C21H42O4. The molecule has 1 aliphatic rings. The highest BCUT2D eigenvalue weighted by atomic mass is 17.3. The van der Waals surface area contributed by atoms with Crippen LogP contribution in [0.3, 0.4) is 0 Å². The predicted octanol–water partition coefficient (Wildman–Crippen LogP) is 6.58. The van der Waals surface area contributed by atoms with E-state index in [1.54, 1.807) is 0 Å². The summed E-state index contributed by atoms with van der Waals surface area (Å²) in [5.74, 6) is 0.613. The molecule has 1 rings (SSSR count). The molecule has 0 spiro atoms. The molecule has 1 saturated carbocycles. The number of hydrogen-bond acceptors (Lipinski definition) is 4. The first-order valence-electron chi connectivity index (χ1n) is 10.3. The van der Waals surface area contributed by atoms with Crippen molar-refractivity contribution in [3.05, 3.63) is 0 Å². The Kier molecular flexibility index (Phi) is 8.86. The fraction of sp³-hybridized carbons (Fsp3) is 1.00. The van der Waals surface area contributed by atoms with Crippen molar-refractivity contribution in [2.24, 2.45) is 11.8 Å². The lowest BCUT2D eigenvalue weighted by Gasteiger charge is -2.41. The molecule has 4 nitrogen and oxygen atoms in total. The lowest BCUT2D eigenvalue weighted by Crippen LogP contribution is -2.45. The second-order valence-corrected chi connectivity index (χ2v) is 9.34. The van der Waals surface area contributed by atoms with Crippen LogP contribution in [0.15, 0.2) is 0 Å². The molecule has 150 valence electrons. The SMILES string of the molecule is CCCC(C)(C)OOC1(OOC(C)(C)CCC)CCC(C(C)C)CC1. The molecule has 0 bridgehead atoms. The van der Waals surface area contributed by atoms with Crippen molar-refractivity contribution in [2.45, 2.75) is 124 Å². The van der Waals surface area contributed by atoms with Gasteiger partial charge in [-0.1, -0.05) is 40.5 Å². The second-order valence-electron chi connectivity index (χ2n) is 9.34. The summed E-state index contributed by atoms with van der Waals surface area (Å²) in [6.45, 7) is 17.1. The van der Waals surface area contributed by atoms with Gasteiger partial charge in [-0.15, -0.1) is 0 Å². The van der Waals surface area contributed by atoms with E-state index in [-0.39, 0.29) is 11.2 Å². The molecule has 25 heavy (non-hydrogen) atoms. The molecule has 1 fully saturated rings. The van der Waals surface area contributed by atoms with Gasteiger partial charge in [-0.25, -0.2) is 9.78 Å². The first-order chi connectivity index (χ1) is 11.5. The molecule has 0 aromatic heterocycles. The molecule has 0 atom stereocenters. The molecular weight excluding hydrogens is 316 g/mol. The van der Waals surface area contributed by atoms with Crippen LogP contribution >= 0.6 is 0 Å². The topological polar surface area (TPSA) is 36.9 Å². The predicted molar refractivity (Wildman–Crippen MR) is 102 cm³/mol. The second kappa shape index (κ2) is 9.68. The summed E-state index contributed by atoms with van der Waals surface area (Å²) in [5, 5.41) is 0. The third kappa shape index (κ3) is 7.94. The van der Waals surface area contributed by atoms with Gasteiger partial charge in [-0.3, -0.25) is 0 Å². The van der Waals surface area contributed by atoms with Crippen LogP contribution in [0.25, 0.3) is 0 Å². The fourth-order valence-electron chi connectivity index (χ4n) is 3.59. The molecule has 0 aliphatic heterocycles. The Labute approximate surface area is 155 Å². The van der Waals surface area contributed by atoms with Crippen molar-refractivity contribution in [2.75, 3.05) is 0 Å². The van der Waals surface area contributed by atoms with Crippen LogP contribution in [0.2, 0.25) is 0 Å². The maximum absolute atomic E-state index is 5.94. The molecule has 0 radical (unpaired) electrons. The molecule has 0 heterocycles. The van der Waals surface area contributed by atoms with Crippen molar-refractivity contribution in [1.82, 2.24) is 0 Å². The van der Waals surface area contributed by atoms with Gasteiger partial charge in [0.2, 0.25) is 5.79 Å². The van der Waals surface area contributed by atoms with Gasteiger partial charge in [0.25, 0.3) is 0 Å². The van der Waals surface area contributed by atoms with Gasteiger partial charge in [0.05, 0.1) is 11.2 Å². The van der Waals surface area contributed by atoms with Crippen molar-refractivity contribution in [3.63, 3.8) is 0 Å². The summed E-state index contributed by atoms with van der Waals surface area (Å²) in [5.41, 5.74) is -0.641. The van der Waals surface area contributed by atoms with E-state index in [1.807, 2.05) is 0 Å². The maximum atomic E-state index is 5.94. The van der Waals surface area contributed by atoms with E-state index in [9.17, 15) is 0 Å². The van der Waals surface area contributed by atoms with Crippen molar-refractivity contribution in [3.8, 4) is 0 Å². The number of hydrogen-bond donors (Lipinski definition) is 0. The summed E-state index contributed by atoms with van der Waals surface area (Å²) in [6, 6.07) is 0. The summed E-state index contributed by atoms with van der Waals surface area (Å²) in [4.78, 5) is 23.5. The molecule has 0 unspecified atom stereocenters. The van der Waals surface area contributed by atoms with E-state index >= 15 is 0 Å². The van der Waals surface area contributed by atoms with E-state index in [0.29, 0.717) is 11.8 Å². The minimum atomic E-state index is -0.790. The highest BCUT2D eigenvalue weighted by Crippen LogP contribution is 2.41. The zero-order valence-electron chi connectivity index (χ0n) is 17.9. The largest absolute Gasteiger partial charge is 0.234 e. The monoisotopic (exact) mass is 358 g/mol. The van der Waals surface area contributed by atoms with Crippen LogP contribution in [0.4, 0.5) is 0 Å².